The van der Waals surface area contributed by atoms with Crippen molar-refractivity contribution in [1.29, 1.82) is 0 Å². The first kappa shape index (κ1) is 23.2. The number of aromatic nitrogens is 1. The van der Waals surface area contributed by atoms with E-state index in [1.165, 1.54) is 18.4 Å². The Kier molecular flexibility index (Phi) is 7.42. The second-order valence-electron chi connectivity index (χ2n) is 7.57. The zero-order chi connectivity index (χ0) is 23.3. The Morgan fingerprint density at radius 1 is 1.09 bits per heavy atom. The van der Waals surface area contributed by atoms with Gasteiger partial charge in [-0.05, 0) is 54.8 Å². The van der Waals surface area contributed by atoms with Crippen LogP contribution in [0.3, 0.4) is 0 Å². The van der Waals surface area contributed by atoms with Crippen molar-refractivity contribution in [2.24, 2.45) is 5.92 Å². The Morgan fingerprint density at radius 2 is 1.81 bits per heavy atom. The fourth-order valence-electron chi connectivity index (χ4n) is 2.93. The number of nitrogens with one attached hydrogen (secondary N) is 2. The Labute approximate surface area is 189 Å². The second-order valence-corrected chi connectivity index (χ2v) is 8.60. The van der Waals surface area contributed by atoms with Gasteiger partial charge in [0.15, 0.2) is 11.7 Å². The highest BCUT2D eigenvalue weighted by atomic mass is 32.1. The van der Waals surface area contributed by atoms with Crippen molar-refractivity contribution in [1.82, 2.24) is 10.3 Å². The molecule has 3 rings (SSSR count). The summed E-state index contributed by atoms with van der Waals surface area (Å²) in [7, 11) is 1.54. The minimum absolute atomic E-state index is 0.236. The van der Waals surface area contributed by atoms with Crippen LogP contribution in [0.5, 0.6) is 5.75 Å². The minimum atomic E-state index is -0.900. The van der Waals surface area contributed by atoms with E-state index in [0.717, 1.165) is 15.8 Å². The van der Waals surface area contributed by atoms with Gasteiger partial charge in [0.05, 0.1) is 17.3 Å². The maximum Gasteiger partial charge on any atom is 0.329 e. The third-order valence-corrected chi connectivity index (χ3v) is 5.63. The van der Waals surface area contributed by atoms with E-state index in [1.807, 2.05) is 25.1 Å². The smallest absolute Gasteiger partial charge is 0.329 e. The molecule has 0 aliphatic heterocycles. The van der Waals surface area contributed by atoms with Crippen LogP contribution < -0.4 is 15.4 Å². The largest absolute Gasteiger partial charge is 0.497 e. The first-order chi connectivity index (χ1) is 15.3. The number of carbonyl (C=O) groups is 3. The SMILES string of the molecule is COc1ccc(C(=O)N[C@H](C(=O)OCC(=O)Nc2nc3ccc(C)cc3s2)C(C)C)cc1. The number of hydrogen-bond donors (Lipinski definition) is 2. The summed E-state index contributed by atoms with van der Waals surface area (Å²) in [5.74, 6) is -1.22. The molecule has 0 spiro atoms. The van der Waals surface area contributed by atoms with E-state index in [1.54, 1.807) is 38.1 Å². The summed E-state index contributed by atoms with van der Waals surface area (Å²) in [6.07, 6.45) is 0. The summed E-state index contributed by atoms with van der Waals surface area (Å²) < 4.78 is 11.2. The van der Waals surface area contributed by atoms with Gasteiger partial charge in [-0.25, -0.2) is 9.78 Å². The molecule has 0 saturated carbocycles. The fourth-order valence-corrected chi connectivity index (χ4v) is 3.91. The highest BCUT2D eigenvalue weighted by Gasteiger charge is 2.27. The summed E-state index contributed by atoms with van der Waals surface area (Å²) in [5.41, 5.74) is 2.27. The van der Waals surface area contributed by atoms with Gasteiger partial charge in [-0.1, -0.05) is 31.3 Å². The topological polar surface area (TPSA) is 107 Å². The molecule has 2 N–H and O–H groups in total. The van der Waals surface area contributed by atoms with Crippen molar-refractivity contribution < 1.29 is 23.9 Å². The molecule has 1 heterocycles. The van der Waals surface area contributed by atoms with Gasteiger partial charge in [0.2, 0.25) is 0 Å². The molecule has 0 aliphatic carbocycles. The van der Waals surface area contributed by atoms with E-state index in [9.17, 15) is 14.4 Å². The van der Waals surface area contributed by atoms with Crippen LogP contribution in [-0.4, -0.2) is 42.5 Å². The second kappa shape index (κ2) is 10.2. The number of methoxy groups -OCH3 is 1. The molecular formula is C23H25N3O5S. The van der Waals surface area contributed by atoms with Gasteiger partial charge in [0.25, 0.3) is 11.8 Å². The number of benzene rings is 2. The Balaban J connectivity index is 1.56. The fraction of sp³-hybridized carbons (Fsp3) is 0.304. The van der Waals surface area contributed by atoms with Crippen molar-refractivity contribution >= 4 is 44.5 Å². The number of nitrogens with zero attached hydrogens (tertiary/aromatic N) is 1. The van der Waals surface area contributed by atoms with Crippen molar-refractivity contribution in [3.8, 4) is 5.75 Å². The Hall–Kier alpha value is -3.46. The Morgan fingerprint density at radius 3 is 2.47 bits per heavy atom. The lowest BCUT2D eigenvalue weighted by Gasteiger charge is -2.20. The molecule has 0 aliphatic rings. The summed E-state index contributed by atoms with van der Waals surface area (Å²) in [5, 5.41) is 5.74. The van der Waals surface area contributed by atoms with Gasteiger partial charge in [-0.15, -0.1) is 0 Å². The van der Waals surface area contributed by atoms with Crippen LogP contribution in [0, 0.1) is 12.8 Å². The van der Waals surface area contributed by atoms with Crippen molar-refractivity contribution in [3.63, 3.8) is 0 Å². The molecule has 1 aromatic heterocycles. The van der Waals surface area contributed by atoms with Gasteiger partial charge in [-0.2, -0.15) is 0 Å². The number of aryl methyl sites for hydroxylation is 1. The molecule has 32 heavy (non-hydrogen) atoms. The monoisotopic (exact) mass is 455 g/mol. The summed E-state index contributed by atoms with van der Waals surface area (Å²) >= 11 is 1.34. The standard InChI is InChI=1S/C23H25N3O5S/c1-13(2)20(26-21(28)15-6-8-16(30-4)9-7-15)22(29)31-12-19(27)25-23-24-17-10-5-14(3)11-18(17)32-23/h5-11,13,20H,12H2,1-4H3,(H,26,28)(H,24,25,27)/t20-/m0/s1. The molecule has 168 valence electrons. The van der Waals surface area contributed by atoms with E-state index >= 15 is 0 Å². The summed E-state index contributed by atoms with van der Waals surface area (Å²) in [6, 6.07) is 11.4. The molecule has 0 fully saturated rings. The molecular weight excluding hydrogens is 430 g/mol. The molecule has 0 saturated heterocycles. The number of amides is 2. The van der Waals surface area contributed by atoms with E-state index in [2.05, 4.69) is 15.6 Å². The third-order valence-electron chi connectivity index (χ3n) is 4.70. The van der Waals surface area contributed by atoms with Gasteiger partial charge >= 0.3 is 5.97 Å². The number of anilines is 1. The summed E-state index contributed by atoms with van der Waals surface area (Å²) in [4.78, 5) is 41.6. The third kappa shape index (κ3) is 5.82. The number of carbonyl (C=O) groups excluding carboxylic acids is 3. The van der Waals surface area contributed by atoms with E-state index < -0.39 is 30.4 Å². The van der Waals surface area contributed by atoms with E-state index in [4.69, 9.17) is 9.47 Å². The first-order valence-electron chi connectivity index (χ1n) is 10.1. The van der Waals surface area contributed by atoms with Crippen molar-refractivity contribution in [2.45, 2.75) is 26.8 Å². The zero-order valence-electron chi connectivity index (χ0n) is 18.3. The normalized spacial score (nSPS) is 11.8. The first-order valence-corrected chi connectivity index (χ1v) is 10.9. The number of ether oxygens (including phenoxy) is 2. The van der Waals surface area contributed by atoms with Crippen LogP contribution in [0.2, 0.25) is 0 Å². The van der Waals surface area contributed by atoms with Crippen LogP contribution in [0.4, 0.5) is 5.13 Å². The van der Waals surface area contributed by atoms with Crippen LogP contribution in [0.25, 0.3) is 10.2 Å². The average Bonchev–Trinajstić information content (AvgIpc) is 3.16. The number of thiazole rings is 1. The van der Waals surface area contributed by atoms with Gasteiger partial charge in [0.1, 0.15) is 11.8 Å². The predicted molar refractivity (Wildman–Crippen MR) is 123 cm³/mol. The molecule has 0 unspecified atom stereocenters. The summed E-state index contributed by atoms with van der Waals surface area (Å²) in [6.45, 7) is 5.07. The van der Waals surface area contributed by atoms with Crippen molar-refractivity contribution in [3.05, 3.63) is 53.6 Å². The average molecular weight is 456 g/mol. The predicted octanol–water partition coefficient (Wildman–Crippen LogP) is 3.55. The van der Waals surface area contributed by atoms with Crippen LogP contribution in [0.15, 0.2) is 42.5 Å². The molecule has 2 aromatic carbocycles. The number of hydrogen-bond acceptors (Lipinski definition) is 7. The maximum atomic E-state index is 12.5. The Bertz CT molecular complexity index is 1120. The molecule has 0 bridgehead atoms. The molecule has 1 atom stereocenters. The minimum Gasteiger partial charge on any atom is -0.497 e. The molecule has 2 amide bonds. The lowest BCUT2D eigenvalue weighted by atomic mass is 10.0. The van der Waals surface area contributed by atoms with Crippen molar-refractivity contribution in [2.75, 3.05) is 19.0 Å². The molecule has 3 aromatic rings. The molecule has 8 nitrogen and oxygen atoms in total. The van der Waals surface area contributed by atoms with E-state index in [0.29, 0.717) is 16.4 Å². The zero-order valence-corrected chi connectivity index (χ0v) is 19.1. The molecule has 0 radical (unpaired) electrons. The quantitative estimate of drug-likeness (QED) is 0.503. The van der Waals surface area contributed by atoms with Gasteiger partial charge < -0.3 is 14.8 Å². The molecule has 9 heteroatoms. The highest BCUT2D eigenvalue weighted by molar-refractivity contribution is 7.22. The van der Waals surface area contributed by atoms with Gasteiger partial charge in [0, 0.05) is 5.56 Å². The number of esters is 1. The number of rotatable bonds is 8. The lowest BCUT2D eigenvalue weighted by molar-refractivity contribution is -0.150. The highest BCUT2D eigenvalue weighted by Crippen LogP contribution is 2.26. The maximum absolute atomic E-state index is 12.5. The van der Waals surface area contributed by atoms with Crippen LogP contribution >= 0.6 is 11.3 Å². The van der Waals surface area contributed by atoms with Crippen LogP contribution in [-0.2, 0) is 14.3 Å². The number of fused-ring (bicyclic) bond motifs is 1. The van der Waals surface area contributed by atoms with Gasteiger partial charge in [-0.3, -0.25) is 14.9 Å². The van der Waals surface area contributed by atoms with Crippen LogP contribution in [0.1, 0.15) is 29.8 Å². The van der Waals surface area contributed by atoms with E-state index in [-0.39, 0.29) is 5.92 Å². The lowest BCUT2D eigenvalue weighted by Crippen LogP contribution is -2.45.